The van der Waals surface area contributed by atoms with E-state index in [0.29, 0.717) is 0 Å². The molecule has 2 atom stereocenters. The van der Waals surface area contributed by atoms with E-state index in [0.717, 1.165) is 58.3 Å². The molecule has 104 valence electrons. The van der Waals surface area contributed by atoms with E-state index in [-0.39, 0.29) is 12.0 Å². The zero-order valence-corrected chi connectivity index (χ0v) is 11.3. The average molecular weight is 255 g/mol. The fraction of sp³-hybridized carbons (Fsp3) is 0.923. The summed E-state index contributed by atoms with van der Waals surface area (Å²) in [5.41, 5.74) is 5.18. The summed E-state index contributed by atoms with van der Waals surface area (Å²) in [7, 11) is 1.70. The van der Waals surface area contributed by atoms with E-state index < -0.39 is 5.54 Å². The summed E-state index contributed by atoms with van der Waals surface area (Å²) in [5, 5.41) is 3.37. The summed E-state index contributed by atoms with van der Waals surface area (Å²) >= 11 is 0. The fourth-order valence-corrected chi connectivity index (χ4v) is 3.48. The molecule has 2 unspecified atom stereocenters. The maximum atomic E-state index is 12.1. The zero-order chi connectivity index (χ0) is 13.0. The van der Waals surface area contributed by atoms with Crippen molar-refractivity contribution < 1.29 is 9.53 Å². The Balaban J connectivity index is 2.25. The minimum atomic E-state index is -0.584. The first kappa shape index (κ1) is 13.8. The topological polar surface area (TPSA) is 67.6 Å². The maximum Gasteiger partial charge on any atom is 0.240 e. The van der Waals surface area contributed by atoms with Gasteiger partial charge < -0.3 is 15.8 Å². The van der Waals surface area contributed by atoms with Crippen LogP contribution in [0.25, 0.3) is 0 Å². The van der Waals surface area contributed by atoms with Crippen LogP contribution < -0.4 is 11.1 Å². The van der Waals surface area contributed by atoms with E-state index in [9.17, 15) is 4.79 Å². The number of primary amides is 1. The van der Waals surface area contributed by atoms with Crippen LogP contribution in [0.3, 0.4) is 0 Å². The van der Waals surface area contributed by atoms with Gasteiger partial charge in [-0.25, -0.2) is 0 Å². The quantitative estimate of drug-likeness (QED) is 0.750. The molecule has 3 N–H and O–H groups in total. The van der Waals surface area contributed by atoms with Gasteiger partial charge in [-0.15, -0.1) is 0 Å². The first-order chi connectivity index (χ1) is 8.71. The molecule has 5 heteroatoms. The first-order valence-corrected chi connectivity index (χ1v) is 7.00. The van der Waals surface area contributed by atoms with Crippen molar-refractivity contribution in [3.8, 4) is 0 Å². The summed E-state index contributed by atoms with van der Waals surface area (Å²) in [5.74, 6) is -0.212. The van der Waals surface area contributed by atoms with Gasteiger partial charge in [0.15, 0.2) is 0 Å². The number of methoxy groups -OCH3 is 1. The molecule has 0 aromatic heterocycles. The summed E-state index contributed by atoms with van der Waals surface area (Å²) in [4.78, 5) is 14.4. The average Bonchev–Trinajstić information content (AvgIpc) is 2.67. The van der Waals surface area contributed by atoms with Gasteiger partial charge in [0.2, 0.25) is 5.91 Å². The molecule has 2 fully saturated rings. The second-order valence-electron chi connectivity index (χ2n) is 5.35. The number of amides is 1. The molecule has 1 saturated carbocycles. The van der Waals surface area contributed by atoms with Crippen LogP contribution in [0.4, 0.5) is 0 Å². The summed E-state index contributed by atoms with van der Waals surface area (Å²) in [6.45, 7) is 3.74. The summed E-state index contributed by atoms with van der Waals surface area (Å²) in [6, 6.07) is 0. The van der Waals surface area contributed by atoms with Gasteiger partial charge in [-0.05, 0) is 25.8 Å². The number of carbonyl (C=O) groups is 1. The number of nitrogens with one attached hydrogen (secondary N) is 1. The molecule has 0 aromatic rings. The molecule has 1 amide bonds. The largest absolute Gasteiger partial charge is 0.379 e. The molecule has 0 bridgehead atoms. The van der Waals surface area contributed by atoms with Gasteiger partial charge >= 0.3 is 0 Å². The van der Waals surface area contributed by atoms with Gasteiger partial charge in [-0.3, -0.25) is 9.69 Å². The Kier molecular flexibility index (Phi) is 4.59. The number of nitrogens with zero attached hydrogens (tertiary/aromatic N) is 1. The van der Waals surface area contributed by atoms with Crippen LogP contribution in [0.1, 0.15) is 32.1 Å². The molecule has 2 rings (SSSR count). The number of ether oxygens (including phenoxy) is 1. The van der Waals surface area contributed by atoms with E-state index in [1.165, 1.54) is 0 Å². The van der Waals surface area contributed by atoms with E-state index in [2.05, 4.69) is 10.2 Å². The van der Waals surface area contributed by atoms with Crippen molar-refractivity contribution in [2.45, 2.75) is 43.7 Å². The van der Waals surface area contributed by atoms with E-state index in [1.807, 2.05) is 0 Å². The van der Waals surface area contributed by atoms with Gasteiger partial charge in [0.1, 0.15) is 5.54 Å². The molecule has 0 aromatic carbocycles. The highest BCUT2D eigenvalue weighted by atomic mass is 16.5. The van der Waals surface area contributed by atoms with Gasteiger partial charge in [0.05, 0.1) is 6.10 Å². The Labute approximate surface area is 109 Å². The SMILES string of the molecule is COC1CCCCC1(C(N)=O)N1CCCNCC1. The fourth-order valence-electron chi connectivity index (χ4n) is 3.48. The van der Waals surface area contributed by atoms with Gasteiger partial charge in [0.25, 0.3) is 0 Å². The Bertz CT molecular complexity index is 290. The Hall–Kier alpha value is -0.650. The molecular weight excluding hydrogens is 230 g/mol. The Morgan fingerprint density at radius 2 is 2.17 bits per heavy atom. The number of hydrogen-bond donors (Lipinski definition) is 2. The molecular formula is C13H25N3O2. The number of rotatable bonds is 3. The van der Waals surface area contributed by atoms with Crippen molar-refractivity contribution in [2.75, 3.05) is 33.3 Å². The predicted octanol–water partition coefficient (Wildman–Crippen LogP) is 0.0948. The first-order valence-electron chi connectivity index (χ1n) is 7.00. The Morgan fingerprint density at radius 1 is 1.33 bits per heavy atom. The number of carbonyl (C=O) groups excluding carboxylic acids is 1. The molecule has 1 saturated heterocycles. The molecule has 1 aliphatic carbocycles. The summed E-state index contributed by atoms with van der Waals surface area (Å²) in [6.07, 6.45) is 4.96. The van der Waals surface area contributed by atoms with Crippen molar-refractivity contribution in [3.63, 3.8) is 0 Å². The van der Waals surface area contributed by atoms with Crippen molar-refractivity contribution in [1.82, 2.24) is 10.2 Å². The monoisotopic (exact) mass is 255 g/mol. The predicted molar refractivity (Wildman–Crippen MR) is 70.3 cm³/mol. The van der Waals surface area contributed by atoms with Crippen LogP contribution in [0.2, 0.25) is 0 Å². The number of nitrogens with two attached hydrogens (primary N) is 1. The van der Waals surface area contributed by atoms with E-state index in [1.54, 1.807) is 7.11 Å². The lowest BCUT2D eigenvalue weighted by Gasteiger charge is -2.48. The molecule has 2 aliphatic rings. The molecule has 5 nitrogen and oxygen atoms in total. The van der Waals surface area contributed by atoms with E-state index >= 15 is 0 Å². The molecule has 1 aliphatic heterocycles. The highest BCUT2D eigenvalue weighted by Gasteiger charge is 2.50. The maximum absolute atomic E-state index is 12.1. The lowest BCUT2D eigenvalue weighted by Crippen LogP contribution is -2.66. The van der Waals surface area contributed by atoms with Crippen molar-refractivity contribution in [1.29, 1.82) is 0 Å². The lowest BCUT2D eigenvalue weighted by atomic mass is 9.76. The minimum Gasteiger partial charge on any atom is -0.379 e. The van der Waals surface area contributed by atoms with E-state index in [4.69, 9.17) is 10.5 Å². The van der Waals surface area contributed by atoms with Gasteiger partial charge in [0, 0.05) is 26.7 Å². The Morgan fingerprint density at radius 3 is 2.89 bits per heavy atom. The van der Waals surface area contributed by atoms with Crippen molar-refractivity contribution >= 4 is 5.91 Å². The van der Waals surface area contributed by atoms with Crippen LogP contribution in [0.5, 0.6) is 0 Å². The van der Waals surface area contributed by atoms with Crippen molar-refractivity contribution in [2.24, 2.45) is 5.73 Å². The van der Waals surface area contributed by atoms with Crippen LogP contribution in [0.15, 0.2) is 0 Å². The smallest absolute Gasteiger partial charge is 0.240 e. The standard InChI is InChI=1S/C13H25N3O2/c1-18-11-5-2-3-6-13(11,12(14)17)16-9-4-7-15-8-10-16/h11,15H,2-10H2,1H3,(H2,14,17). The second-order valence-corrected chi connectivity index (χ2v) is 5.35. The highest BCUT2D eigenvalue weighted by molar-refractivity contribution is 5.85. The van der Waals surface area contributed by atoms with Gasteiger partial charge in [-0.2, -0.15) is 0 Å². The number of hydrogen-bond acceptors (Lipinski definition) is 4. The van der Waals surface area contributed by atoms with Gasteiger partial charge in [-0.1, -0.05) is 12.8 Å². The summed E-state index contributed by atoms with van der Waals surface area (Å²) < 4.78 is 5.60. The lowest BCUT2D eigenvalue weighted by molar-refractivity contribution is -0.146. The van der Waals surface area contributed by atoms with Crippen LogP contribution in [-0.2, 0) is 9.53 Å². The molecule has 18 heavy (non-hydrogen) atoms. The molecule has 0 radical (unpaired) electrons. The highest BCUT2D eigenvalue weighted by Crippen LogP contribution is 2.36. The normalized spacial score (nSPS) is 35.1. The third-order valence-electron chi connectivity index (χ3n) is 4.42. The zero-order valence-electron chi connectivity index (χ0n) is 11.3. The third-order valence-corrected chi connectivity index (χ3v) is 4.42. The molecule has 0 spiro atoms. The molecule has 1 heterocycles. The van der Waals surface area contributed by atoms with Crippen LogP contribution >= 0.6 is 0 Å². The van der Waals surface area contributed by atoms with Crippen LogP contribution in [-0.4, -0.2) is 55.7 Å². The third kappa shape index (κ3) is 2.39. The second kappa shape index (κ2) is 5.99. The van der Waals surface area contributed by atoms with Crippen LogP contribution in [0, 0.1) is 0 Å². The van der Waals surface area contributed by atoms with Crippen molar-refractivity contribution in [3.05, 3.63) is 0 Å². The minimum absolute atomic E-state index is 0.0538.